The summed E-state index contributed by atoms with van der Waals surface area (Å²) in [5.74, 6) is 0. The highest BCUT2D eigenvalue weighted by Crippen LogP contribution is 2.24. The average Bonchev–Trinajstić information content (AvgIpc) is 2.89. The molecule has 20 heavy (non-hydrogen) atoms. The molecule has 0 atom stereocenters. The van der Waals surface area contributed by atoms with Crippen molar-refractivity contribution in [1.29, 1.82) is 0 Å². The van der Waals surface area contributed by atoms with Gasteiger partial charge < -0.3 is 5.73 Å². The molecule has 0 bridgehead atoms. The Morgan fingerprint density at radius 3 is 2.70 bits per heavy atom. The molecule has 0 spiro atoms. The third kappa shape index (κ3) is 3.13. The van der Waals surface area contributed by atoms with Gasteiger partial charge in [-0.3, -0.25) is 10.1 Å². The zero-order valence-electron chi connectivity index (χ0n) is 10.1. The van der Waals surface area contributed by atoms with Gasteiger partial charge in [0, 0.05) is 12.6 Å². The third-order valence-electron chi connectivity index (χ3n) is 2.56. The molecular formula is C11H11N3O4S2. The lowest BCUT2D eigenvalue weighted by atomic mass is 10.3. The molecule has 0 fully saturated rings. The summed E-state index contributed by atoms with van der Waals surface area (Å²) < 4.78 is 26.5. The number of sulfonamides is 1. The number of hydrogen-bond acceptors (Lipinski definition) is 6. The molecule has 9 heteroatoms. The molecule has 2 aromatic rings. The number of nitrogens with one attached hydrogen (secondary N) is 1. The van der Waals surface area contributed by atoms with Gasteiger partial charge in [-0.15, -0.1) is 0 Å². The number of nitro benzene ring substituents is 1. The molecule has 0 aliphatic heterocycles. The molecular weight excluding hydrogens is 302 g/mol. The van der Waals surface area contributed by atoms with E-state index in [1.807, 2.05) is 10.8 Å². The maximum atomic E-state index is 12.0. The van der Waals surface area contributed by atoms with Crippen molar-refractivity contribution >= 4 is 32.7 Å². The van der Waals surface area contributed by atoms with Crippen LogP contribution in [0.1, 0.15) is 5.56 Å². The summed E-state index contributed by atoms with van der Waals surface area (Å²) in [6.45, 7) is 0.129. The summed E-state index contributed by atoms with van der Waals surface area (Å²) in [5, 5.41) is 14.4. The summed E-state index contributed by atoms with van der Waals surface area (Å²) in [4.78, 5) is 9.86. The van der Waals surface area contributed by atoms with E-state index in [0.717, 1.165) is 11.6 Å². The topological polar surface area (TPSA) is 115 Å². The van der Waals surface area contributed by atoms with Crippen molar-refractivity contribution in [3.05, 3.63) is 50.7 Å². The summed E-state index contributed by atoms with van der Waals surface area (Å²) in [7, 11) is -3.81. The minimum absolute atomic E-state index is 0.0771. The number of anilines is 1. The number of benzene rings is 1. The largest absolute Gasteiger partial charge is 0.393 e. The van der Waals surface area contributed by atoms with E-state index in [2.05, 4.69) is 4.72 Å². The molecule has 106 valence electrons. The van der Waals surface area contributed by atoms with E-state index in [1.54, 1.807) is 6.07 Å². The number of rotatable bonds is 5. The monoisotopic (exact) mass is 313 g/mol. The highest BCUT2D eigenvalue weighted by molar-refractivity contribution is 7.89. The van der Waals surface area contributed by atoms with Crippen LogP contribution in [-0.2, 0) is 16.6 Å². The number of nitrogen functional groups attached to an aromatic ring is 1. The van der Waals surface area contributed by atoms with E-state index >= 15 is 0 Å². The van der Waals surface area contributed by atoms with Crippen LogP contribution in [0, 0.1) is 10.1 Å². The highest BCUT2D eigenvalue weighted by Gasteiger charge is 2.20. The van der Waals surface area contributed by atoms with Crippen molar-refractivity contribution in [1.82, 2.24) is 4.72 Å². The molecule has 1 aromatic heterocycles. The van der Waals surface area contributed by atoms with E-state index < -0.39 is 20.6 Å². The van der Waals surface area contributed by atoms with E-state index in [-0.39, 0.29) is 17.1 Å². The van der Waals surface area contributed by atoms with Crippen LogP contribution in [-0.4, -0.2) is 13.3 Å². The number of hydrogen-bond donors (Lipinski definition) is 2. The Kier molecular flexibility index (Phi) is 4.02. The Morgan fingerprint density at radius 2 is 2.10 bits per heavy atom. The first-order valence-electron chi connectivity index (χ1n) is 5.45. The van der Waals surface area contributed by atoms with Crippen LogP contribution in [0.15, 0.2) is 39.9 Å². The van der Waals surface area contributed by atoms with Crippen LogP contribution in [0.5, 0.6) is 0 Å². The summed E-state index contributed by atoms with van der Waals surface area (Å²) in [6, 6.07) is 5.18. The van der Waals surface area contributed by atoms with Crippen LogP contribution < -0.4 is 10.5 Å². The Hall–Kier alpha value is -1.97. The second-order valence-electron chi connectivity index (χ2n) is 3.93. The van der Waals surface area contributed by atoms with Crippen molar-refractivity contribution in [3.63, 3.8) is 0 Å². The molecule has 0 radical (unpaired) electrons. The maximum Gasteiger partial charge on any atom is 0.293 e. The van der Waals surface area contributed by atoms with Crippen molar-refractivity contribution in [3.8, 4) is 0 Å². The number of nitro groups is 1. The van der Waals surface area contributed by atoms with E-state index in [0.29, 0.717) is 0 Å². The normalized spacial score (nSPS) is 11.4. The van der Waals surface area contributed by atoms with Gasteiger partial charge in [-0.05, 0) is 34.5 Å². The lowest BCUT2D eigenvalue weighted by Crippen LogP contribution is -2.23. The molecule has 0 saturated heterocycles. The summed E-state index contributed by atoms with van der Waals surface area (Å²) in [6.07, 6.45) is 0. The Bertz CT molecular complexity index is 726. The lowest BCUT2D eigenvalue weighted by molar-refractivity contribution is -0.384. The van der Waals surface area contributed by atoms with Gasteiger partial charge in [0.1, 0.15) is 5.69 Å². The van der Waals surface area contributed by atoms with Crippen LogP contribution >= 0.6 is 11.3 Å². The first kappa shape index (κ1) is 14.4. The number of nitrogens with zero attached hydrogens (tertiary/aromatic N) is 1. The van der Waals surface area contributed by atoms with Crippen molar-refractivity contribution in [2.24, 2.45) is 0 Å². The van der Waals surface area contributed by atoms with E-state index in [9.17, 15) is 18.5 Å². The third-order valence-corrected chi connectivity index (χ3v) is 4.69. The second-order valence-corrected chi connectivity index (χ2v) is 6.48. The molecule has 0 amide bonds. The predicted molar refractivity (Wildman–Crippen MR) is 75.9 cm³/mol. The standard InChI is InChI=1S/C11H11N3O4S2/c12-10-2-1-9(5-11(10)14(15)16)20(17,18)13-6-8-3-4-19-7-8/h1-5,7,13H,6,12H2. The predicted octanol–water partition coefficient (Wildman–Crippen LogP) is 1.72. The molecule has 1 aromatic carbocycles. The SMILES string of the molecule is Nc1ccc(S(=O)(=O)NCc2ccsc2)cc1[N+](=O)[O-]. The quantitative estimate of drug-likeness (QED) is 0.495. The van der Waals surface area contributed by atoms with Gasteiger partial charge in [-0.2, -0.15) is 11.3 Å². The van der Waals surface area contributed by atoms with Crippen LogP contribution in [0.25, 0.3) is 0 Å². The molecule has 0 unspecified atom stereocenters. The molecule has 0 saturated carbocycles. The minimum atomic E-state index is -3.81. The Morgan fingerprint density at radius 1 is 1.35 bits per heavy atom. The maximum absolute atomic E-state index is 12.0. The first-order valence-corrected chi connectivity index (χ1v) is 7.87. The van der Waals surface area contributed by atoms with Crippen LogP contribution in [0.3, 0.4) is 0 Å². The van der Waals surface area contributed by atoms with Crippen molar-refractivity contribution < 1.29 is 13.3 Å². The van der Waals surface area contributed by atoms with Crippen molar-refractivity contribution in [2.45, 2.75) is 11.4 Å². The van der Waals surface area contributed by atoms with Gasteiger partial charge in [0.2, 0.25) is 10.0 Å². The molecule has 1 heterocycles. The molecule has 0 aliphatic carbocycles. The highest BCUT2D eigenvalue weighted by atomic mass is 32.2. The minimum Gasteiger partial charge on any atom is -0.393 e. The van der Waals surface area contributed by atoms with Gasteiger partial charge in [0.25, 0.3) is 5.69 Å². The smallest absolute Gasteiger partial charge is 0.293 e. The summed E-state index contributed by atoms with van der Waals surface area (Å²) in [5.41, 5.74) is 5.75. The fourth-order valence-electron chi connectivity index (χ4n) is 1.50. The fraction of sp³-hybridized carbons (Fsp3) is 0.0909. The van der Waals surface area contributed by atoms with E-state index in [4.69, 9.17) is 5.73 Å². The Balaban J connectivity index is 2.25. The van der Waals surface area contributed by atoms with Crippen molar-refractivity contribution in [2.75, 3.05) is 5.73 Å². The van der Waals surface area contributed by atoms with E-state index in [1.165, 1.54) is 23.5 Å². The summed E-state index contributed by atoms with van der Waals surface area (Å²) >= 11 is 1.45. The Labute approximate surface area is 119 Å². The lowest BCUT2D eigenvalue weighted by Gasteiger charge is -2.06. The van der Waals surface area contributed by atoms with Gasteiger partial charge in [-0.1, -0.05) is 0 Å². The van der Waals surface area contributed by atoms with Crippen LogP contribution in [0.4, 0.5) is 11.4 Å². The number of nitrogens with two attached hydrogens (primary N) is 1. The number of thiophene rings is 1. The van der Waals surface area contributed by atoms with Gasteiger partial charge >= 0.3 is 0 Å². The van der Waals surface area contributed by atoms with Gasteiger partial charge in [0.05, 0.1) is 9.82 Å². The van der Waals surface area contributed by atoms with Gasteiger partial charge in [-0.25, -0.2) is 13.1 Å². The fourth-order valence-corrected chi connectivity index (χ4v) is 3.21. The molecule has 7 nitrogen and oxygen atoms in total. The zero-order valence-corrected chi connectivity index (χ0v) is 11.8. The molecule has 3 N–H and O–H groups in total. The van der Waals surface area contributed by atoms with Gasteiger partial charge in [0.15, 0.2) is 0 Å². The molecule has 2 rings (SSSR count). The molecule has 0 aliphatic rings. The zero-order chi connectivity index (χ0) is 14.8. The van der Waals surface area contributed by atoms with Crippen LogP contribution in [0.2, 0.25) is 0 Å². The first-order chi connectivity index (χ1) is 9.40. The second kappa shape index (κ2) is 5.57. The average molecular weight is 313 g/mol.